The van der Waals surface area contributed by atoms with E-state index in [1.54, 1.807) is 0 Å². The van der Waals surface area contributed by atoms with E-state index in [4.69, 9.17) is 9.47 Å². The van der Waals surface area contributed by atoms with Crippen molar-refractivity contribution < 1.29 is 9.47 Å². The van der Waals surface area contributed by atoms with Gasteiger partial charge in [-0.3, -0.25) is 0 Å². The van der Waals surface area contributed by atoms with Gasteiger partial charge < -0.3 is 9.47 Å². The fraction of sp³-hybridized carbons (Fsp3) is 0.333. The van der Waals surface area contributed by atoms with E-state index in [-0.39, 0.29) is 0 Å². The number of ether oxygens (including phenoxy) is 2. The molecule has 1 spiro atoms. The maximum Gasteiger partial charge on any atom is 0.196 e. The van der Waals surface area contributed by atoms with Crippen molar-refractivity contribution in [1.82, 2.24) is 0 Å². The zero-order valence-electron chi connectivity index (χ0n) is 17.1. The van der Waals surface area contributed by atoms with Crippen LogP contribution in [0.4, 0.5) is 0 Å². The zero-order chi connectivity index (χ0) is 19.7. The molecule has 5 rings (SSSR count). The molecule has 2 heterocycles. The van der Waals surface area contributed by atoms with Crippen LogP contribution in [0.3, 0.4) is 0 Å². The number of fused-ring (bicyclic) bond motifs is 2. The average molecular weight is 385 g/mol. The van der Waals surface area contributed by atoms with E-state index in [1.807, 2.05) is 0 Å². The van der Waals surface area contributed by atoms with Gasteiger partial charge in [0, 0.05) is 24.8 Å². The first-order valence-electron chi connectivity index (χ1n) is 10.7. The van der Waals surface area contributed by atoms with Gasteiger partial charge in [-0.2, -0.15) is 0 Å². The molecule has 2 aliphatic rings. The fourth-order valence-electron chi connectivity index (χ4n) is 5.03. The maximum atomic E-state index is 7.09. The lowest BCUT2D eigenvalue weighted by molar-refractivity contribution is -0.299. The quantitative estimate of drug-likeness (QED) is 0.544. The lowest BCUT2D eigenvalue weighted by Crippen LogP contribution is -2.39. The molecule has 0 saturated carbocycles. The lowest BCUT2D eigenvalue weighted by atomic mass is 9.80. The van der Waals surface area contributed by atoms with Crippen LogP contribution in [-0.4, -0.2) is 6.61 Å². The molecule has 3 aromatic rings. The summed E-state index contributed by atoms with van der Waals surface area (Å²) >= 11 is 0. The SMILES string of the molecule is Cc1ccc2c(c1)C(Cc1ccccc1)(Cc1ccccc1)O[C@@]21CCCCO1. The minimum Gasteiger partial charge on any atom is -0.346 e. The molecule has 1 atom stereocenters. The third kappa shape index (κ3) is 3.41. The van der Waals surface area contributed by atoms with Gasteiger partial charge in [-0.15, -0.1) is 0 Å². The summed E-state index contributed by atoms with van der Waals surface area (Å²) in [5, 5.41) is 0. The Labute approximate surface area is 173 Å². The average Bonchev–Trinajstić information content (AvgIpc) is 2.98. The number of hydrogen-bond donors (Lipinski definition) is 0. The van der Waals surface area contributed by atoms with Gasteiger partial charge in [0.25, 0.3) is 0 Å². The van der Waals surface area contributed by atoms with Crippen LogP contribution in [0, 0.1) is 6.92 Å². The normalized spacial score (nSPS) is 22.5. The second kappa shape index (κ2) is 7.44. The van der Waals surface area contributed by atoms with E-state index in [0.29, 0.717) is 0 Å². The molecule has 0 bridgehead atoms. The lowest BCUT2D eigenvalue weighted by Gasteiger charge is -2.38. The van der Waals surface area contributed by atoms with Crippen molar-refractivity contribution in [3.63, 3.8) is 0 Å². The van der Waals surface area contributed by atoms with Crippen LogP contribution in [0.5, 0.6) is 0 Å². The Hall–Kier alpha value is -2.42. The fourth-order valence-corrected chi connectivity index (χ4v) is 5.03. The van der Waals surface area contributed by atoms with Crippen LogP contribution in [0.15, 0.2) is 78.9 Å². The Bertz CT molecular complexity index is 930. The van der Waals surface area contributed by atoms with Crippen molar-refractivity contribution in [2.45, 2.75) is 50.4 Å². The standard InChI is InChI=1S/C27H28O2/c1-21-14-15-24-25(18-21)26(19-22-10-4-2-5-11-22,20-23-12-6-3-7-13-23)29-27(24)16-8-9-17-28-27/h2-7,10-15,18H,8-9,16-17,19-20H2,1H3/t27-/m0/s1. The number of aryl methyl sites for hydroxylation is 1. The highest BCUT2D eigenvalue weighted by molar-refractivity contribution is 5.45. The molecule has 0 radical (unpaired) electrons. The van der Waals surface area contributed by atoms with E-state index in [2.05, 4.69) is 85.8 Å². The largest absolute Gasteiger partial charge is 0.346 e. The maximum absolute atomic E-state index is 7.09. The summed E-state index contributed by atoms with van der Waals surface area (Å²) in [5.74, 6) is -0.606. The Morgan fingerprint density at radius 2 is 1.41 bits per heavy atom. The minimum absolute atomic E-state index is 0.429. The van der Waals surface area contributed by atoms with Gasteiger partial charge in [0.15, 0.2) is 5.79 Å². The molecule has 2 heteroatoms. The summed E-state index contributed by atoms with van der Waals surface area (Å²) in [6, 6.07) is 28.2. The van der Waals surface area contributed by atoms with Crippen molar-refractivity contribution in [3.8, 4) is 0 Å². The Morgan fingerprint density at radius 3 is 2.00 bits per heavy atom. The van der Waals surface area contributed by atoms with Crippen LogP contribution < -0.4 is 0 Å². The molecule has 0 N–H and O–H groups in total. The monoisotopic (exact) mass is 384 g/mol. The summed E-state index contributed by atoms with van der Waals surface area (Å²) < 4.78 is 13.5. The molecular weight excluding hydrogens is 356 g/mol. The zero-order valence-corrected chi connectivity index (χ0v) is 17.1. The molecular formula is C27H28O2. The van der Waals surface area contributed by atoms with Crippen molar-refractivity contribution in [1.29, 1.82) is 0 Å². The predicted octanol–water partition coefficient (Wildman–Crippen LogP) is 6.06. The molecule has 3 aromatic carbocycles. The van der Waals surface area contributed by atoms with Gasteiger partial charge in [-0.1, -0.05) is 84.4 Å². The van der Waals surface area contributed by atoms with E-state index in [9.17, 15) is 0 Å². The molecule has 1 fully saturated rings. The van der Waals surface area contributed by atoms with Crippen LogP contribution in [-0.2, 0) is 33.7 Å². The van der Waals surface area contributed by atoms with Crippen molar-refractivity contribution >= 4 is 0 Å². The first-order chi connectivity index (χ1) is 14.2. The second-order valence-electron chi connectivity index (χ2n) is 8.53. The second-order valence-corrected chi connectivity index (χ2v) is 8.53. The molecule has 2 nitrogen and oxygen atoms in total. The highest BCUT2D eigenvalue weighted by atomic mass is 16.7. The molecule has 2 aliphatic heterocycles. The summed E-state index contributed by atoms with van der Waals surface area (Å²) in [6.45, 7) is 2.93. The van der Waals surface area contributed by atoms with Gasteiger partial charge in [0.1, 0.15) is 5.60 Å². The van der Waals surface area contributed by atoms with E-state index >= 15 is 0 Å². The van der Waals surface area contributed by atoms with Crippen LogP contribution >= 0.6 is 0 Å². The first-order valence-corrected chi connectivity index (χ1v) is 10.7. The highest BCUT2D eigenvalue weighted by Crippen LogP contribution is 2.54. The summed E-state index contributed by atoms with van der Waals surface area (Å²) in [6.07, 6.45) is 4.85. The van der Waals surface area contributed by atoms with Gasteiger partial charge in [-0.25, -0.2) is 0 Å². The van der Waals surface area contributed by atoms with Crippen LogP contribution in [0.25, 0.3) is 0 Å². The molecule has 1 saturated heterocycles. The van der Waals surface area contributed by atoms with Crippen LogP contribution in [0.2, 0.25) is 0 Å². The van der Waals surface area contributed by atoms with Crippen molar-refractivity contribution in [2.75, 3.05) is 6.61 Å². The Morgan fingerprint density at radius 1 is 0.759 bits per heavy atom. The van der Waals surface area contributed by atoms with E-state index < -0.39 is 11.4 Å². The summed E-state index contributed by atoms with van der Waals surface area (Å²) in [5.41, 5.74) is 5.96. The third-order valence-electron chi connectivity index (χ3n) is 6.34. The van der Waals surface area contributed by atoms with Crippen molar-refractivity contribution in [2.24, 2.45) is 0 Å². The Kier molecular flexibility index (Phi) is 4.77. The first kappa shape index (κ1) is 18.6. The smallest absolute Gasteiger partial charge is 0.196 e. The van der Waals surface area contributed by atoms with Gasteiger partial charge in [0.05, 0.1) is 6.61 Å². The topological polar surface area (TPSA) is 18.5 Å². The number of hydrogen-bond acceptors (Lipinski definition) is 2. The van der Waals surface area contributed by atoms with Gasteiger partial charge >= 0.3 is 0 Å². The van der Waals surface area contributed by atoms with Gasteiger partial charge in [0.2, 0.25) is 0 Å². The minimum atomic E-state index is -0.606. The third-order valence-corrected chi connectivity index (χ3v) is 6.34. The molecule has 0 aromatic heterocycles. The van der Waals surface area contributed by atoms with Crippen LogP contribution in [0.1, 0.15) is 47.1 Å². The summed E-state index contributed by atoms with van der Waals surface area (Å²) in [4.78, 5) is 0. The molecule has 29 heavy (non-hydrogen) atoms. The molecule has 148 valence electrons. The highest BCUT2D eigenvalue weighted by Gasteiger charge is 2.54. The molecule has 0 unspecified atom stereocenters. The molecule has 0 aliphatic carbocycles. The van der Waals surface area contributed by atoms with Crippen molar-refractivity contribution in [3.05, 3.63) is 107 Å². The van der Waals surface area contributed by atoms with E-state index in [1.165, 1.54) is 27.8 Å². The van der Waals surface area contributed by atoms with Gasteiger partial charge in [-0.05, 0) is 36.5 Å². The van der Waals surface area contributed by atoms with E-state index in [0.717, 1.165) is 38.7 Å². The molecule has 0 amide bonds. The number of rotatable bonds is 4. The summed E-state index contributed by atoms with van der Waals surface area (Å²) in [7, 11) is 0. The number of benzene rings is 3. The Balaban J connectivity index is 1.66. The predicted molar refractivity (Wildman–Crippen MR) is 116 cm³/mol.